The molecule has 0 unspecified atom stereocenters. The van der Waals surface area contributed by atoms with E-state index >= 15 is 0 Å². The summed E-state index contributed by atoms with van der Waals surface area (Å²) in [5, 5.41) is 4.06. The van der Waals surface area contributed by atoms with Crippen molar-refractivity contribution in [2.24, 2.45) is 5.92 Å². The fourth-order valence-corrected chi connectivity index (χ4v) is 10.2. The molecule has 7 aromatic rings. The summed E-state index contributed by atoms with van der Waals surface area (Å²) in [5.74, 6) is 0.833. The van der Waals surface area contributed by atoms with Crippen LogP contribution < -0.4 is 5.19 Å². The van der Waals surface area contributed by atoms with E-state index in [-0.39, 0.29) is 20.1 Å². The smallest absolute Gasteiger partial charge is 0.0798 e. The summed E-state index contributed by atoms with van der Waals surface area (Å²) in [4.78, 5) is 9.34. The number of pyridine rings is 2. The molecular weight excluding hydrogens is 821 g/mol. The molecule has 3 aromatic heterocycles. The maximum Gasteiger partial charge on any atom is 0.0798 e. The van der Waals surface area contributed by atoms with Crippen molar-refractivity contribution in [3.05, 3.63) is 139 Å². The number of aryl methyl sites for hydroxylation is 1. The summed E-state index contributed by atoms with van der Waals surface area (Å²) in [6.45, 7) is 9.24. The van der Waals surface area contributed by atoms with Crippen molar-refractivity contribution in [1.82, 2.24) is 9.97 Å². The molecule has 1 saturated carbocycles. The second-order valence-corrected chi connectivity index (χ2v) is 20.5. The predicted octanol–water partition coefficient (Wildman–Crippen LogP) is 12.1. The van der Waals surface area contributed by atoms with Gasteiger partial charge >= 0.3 is 0 Å². The Hall–Kier alpha value is -3.73. The number of thiophene rings is 1. The van der Waals surface area contributed by atoms with Gasteiger partial charge in [0.25, 0.3) is 0 Å². The van der Waals surface area contributed by atoms with E-state index in [1.165, 1.54) is 86.1 Å². The maximum atomic E-state index is 4.76. The molecule has 4 aromatic carbocycles. The molecule has 0 amide bonds. The van der Waals surface area contributed by atoms with Gasteiger partial charge in [-0.25, -0.2) is 0 Å². The number of hydrogen-bond acceptors (Lipinski definition) is 3. The molecular formula is C45H44IrN2SSi-2. The Morgan fingerprint density at radius 3 is 2.28 bits per heavy atom. The Balaban J connectivity index is 0.000000204. The quantitative estimate of drug-likeness (QED) is 0.123. The number of hydrogen-bond donors (Lipinski definition) is 0. The second-order valence-electron chi connectivity index (χ2n) is 14.4. The predicted molar refractivity (Wildman–Crippen MR) is 213 cm³/mol. The minimum absolute atomic E-state index is 0. The Morgan fingerprint density at radius 2 is 1.54 bits per heavy atom. The van der Waals surface area contributed by atoms with Gasteiger partial charge in [-0.3, -0.25) is 0 Å². The van der Waals surface area contributed by atoms with Crippen LogP contribution >= 0.6 is 11.3 Å². The minimum Gasteiger partial charge on any atom is -0.305 e. The molecule has 1 radical (unpaired) electrons. The van der Waals surface area contributed by atoms with Crippen LogP contribution in [0.15, 0.2) is 116 Å². The molecule has 0 atom stereocenters. The van der Waals surface area contributed by atoms with Crippen LogP contribution in [0.4, 0.5) is 0 Å². The van der Waals surface area contributed by atoms with E-state index in [1.807, 2.05) is 35.7 Å². The SMILES string of the molecule is Cc1cc(-c2[c-]cccc2)ncc1[Si](C)(C)C.[Ir].[c-]1ccc2c(sc3cc(-c4ccccc4)ccc32)c1-c1cc(CC2CCCCC2)ccn1. The zero-order chi connectivity index (χ0) is 33.8. The molecule has 1 aliphatic rings. The van der Waals surface area contributed by atoms with Gasteiger partial charge in [0.15, 0.2) is 0 Å². The number of nitrogens with zero attached hydrogens (tertiary/aromatic N) is 2. The molecule has 0 spiro atoms. The second kappa shape index (κ2) is 16.1. The van der Waals surface area contributed by atoms with Crippen molar-refractivity contribution in [1.29, 1.82) is 0 Å². The standard InChI is InChI=1S/C30H26NS.C15H18NSi.Ir/c1-3-8-21(9-4-1)18-22-16-17-31-28(19-22)27-13-7-12-26-25-15-14-24(20-29(25)32-30(26)27)23-10-5-2-6-11-23;1-12-10-14(13-8-6-5-7-9-13)16-11-15(12)17(2,3)4;/h2,5-7,10-12,14-17,19-21H,1,3-4,8-9,18H2;5-8,10-11H,1-4H3;/q2*-1;. The molecule has 5 heteroatoms. The van der Waals surface area contributed by atoms with Gasteiger partial charge in [0.2, 0.25) is 0 Å². The largest absolute Gasteiger partial charge is 0.305 e. The molecule has 50 heavy (non-hydrogen) atoms. The fourth-order valence-electron chi connectivity index (χ4n) is 7.25. The first-order chi connectivity index (χ1) is 23.8. The van der Waals surface area contributed by atoms with E-state index in [9.17, 15) is 0 Å². The topological polar surface area (TPSA) is 25.8 Å². The fraction of sp³-hybridized carbons (Fsp3) is 0.244. The maximum absolute atomic E-state index is 4.76. The van der Waals surface area contributed by atoms with Crippen LogP contribution in [0.25, 0.3) is 53.8 Å². The zero-order valence-electron chi connectivity index (χ0n) is 29.4. The van der Waals surface area contributed by atoms with Gasteiger partial charge in [-0.1, -0.05) is 123 Å². The van der Waals surface area contributed by atoms with E-state index in [2.05, 4.69) is 135 Å². The molecule has 2 nitrogen and oxygen atoms in total. The normalized spacial score (nSPS) is 13.4. The van der Waals surface area contributed by atoms with Gasteiger partial charge in [-0.05, 0) is 69.2 Å². The van der Waals surface area contributed by atoms with Crippen LogP contribution in [0.3, 0.4) is 0 Å². The van der Waals surface area contributed by atoms with Gasteiger partial charge in [-0.2, -0.15) is 11.3 Å². The Kier molecular flexibility index (Phi) is 11.6. The van der Waals surface area contributed by atoms with Crippen molar-refractivity contribution in [3.8, 4) is 33.6 Å². The molecule has 0 aliphatic heterocycles. The van der Waals surface area contributed by atoms with Crippen LogP contribution in [-0.4, -0.2) is 18.0 Å². The van der Waals surface area contributed by atoms with E-state index in [4.69, 9.17) is 4.98 Å². The van der Waals surface area contributed by atoms with Gasteiger partial charge in [-0.15, -0.1) is 59.7 Å². The van der Waals surface area contributed by atoms with E-state index < -0.39 is 8.07 Å². The summed E-state index contributed by atoms with van der Waals surface area (Å²) in [6.07, 6.45) is 12.2. The average Bonchev–Trinajstić information content (AvgIpc) is 3.51. The van der Waals surface area contributed by atoms with Crippen molar-refractivity contribution in [3.63, 3.8) is 0 Å². The zero-order valence-corrected chi connectivity index (χ0v) is 33.6. The van der Waals surface area contributed by atoms with Crippen LogP contribution in [0.5, 0.6) is 0 Å². The Morgan fingerprint density at radius 1 is 0.740 bits per heavy atom. The average molecular weight is 865 g/mol. The summed E-state index contributed by atoms with van der Waals surface area (Å²) < 4.78 is 2.61. The third-order valence-corrected chi connectivity index (χ3v) is 13.1. The van der Waals surface area contributed by atoms with Gasteiger partial charge in [0, 0.05) is 37.2 Å². The van der Waals surface area contributed by atoms with Crippen LogP contribution in [0.1, 0.15) is 43.2 Å². The van der Waals surface area contributed by atoms with Crippen molar-refractivity contribution in [2.75, 3.05) is 0 Å². The van der Waals surface area contributed by atoms with Crippen LogP contribution in [0.2, 0.25) is 19.6 Å². The summed E-state index contributed by atoms with van der Waals surface area (Å²) >= 11 is 1.86. The Bertz CT molecular complexity index is 2180. The number of aromatic nitrogens is 2. The van der Waals surface area contributed by atoms with Crippen LogP contribution in [0, 0.1) is 25.0 Å². The van der Waals surface area contributed by atoms with Crippen LogP contribution in [-0.2, 0) is 26.5 Å². The molecule has 0 N–H and O–H groups in total. The van der Waals surface area contributed by atoms with Crippen molar-refractivity contribution >= 4 is 44.8 Å². The number of rotatable bonds is 6. The first kappa shape index (κ1) is 36.1. The minimum atomic E-state index is -1.27. The number of benzene rings is 4. The first-order valence-electron chi connectivity index (χ1n) is 17.7. The van der Waals surface area contributed by atoms with E-state index in [1.54, 1.807) is 0 Å². The summed E-state index contributed by atoms with van der Waals surface area (Å²) in [7, 11) is -1.27. The molecule has 255 valence electrons. The third kappa shape index (κ3) is 8.24. The Labute approximate surface area is 316 Å². The van der Waals surface area contributed by atoms with Gasteiger partial charge < -0.3 is 9.97 Å². The molecule has 0 saturated heterocycles. The van der Waals surface area contributed by atoms with E-state index in [0.717, 1.165) is 28.4 Å². The van der Waals surface area contributed by atoms with Gasteiger partial charge in [0.1, 0.15) is 0 Å². The molecule has 0 bridgehead atoms. The summed E-state index contributed by atoms with van der Waals surface area (Å²) in [6, 6.07) is 43.1. The van der Waals surface area contributed by atoms with E-state index in [0.29, 0.717) is 0 Å². The molecule has 1 fully saturated rings. The number of fused-ring (bicyclic) bond motifs is 3. The molecule has 1 aliphatic carbocycles. The van der Waals surface area contributed by atoms with Gasteiger partial charge in [0.05, 0.1) is 8.07 Å². The van der Waals surface area contributed by atoms with Crippen molar-refractivity contribution in [2.45, 2.75) is 65.1 Å². The van der Waals surface area contributed by atoms with Crippen molar-refractivity contribution < 1.29 is 20.1 Å². The first-order valence-corrected chi connectivity index (χ1v) is 22.0. The molecule has 8 rings (SSSR count). The molecule has 3 heterocycles. The third-order valence-electron chi connectivity index (χ3n) is 9.77. The summed E-state index contributed by atoms with van der Waals surface area (Å²) in [5.41, 5.74) is 9.57. The monoisotopic (exact) mass is 865 g/mol.